The molecule has 4 heteroatoms. The van der Waals surface area contributed by atoms with E-state index in [0.717, 1.165) is 24.1 Å². The number of carbonyl (C=O) groups excluding carboxylic acids is 1. The molecule has 1 atom stereocenters. The highest BCUT2D eigenvalue weighted by Gasteiger charge is 2.45. The topological polar surface area (TPSA) is 47.6 Å². The van der Waals surface area contributed by atoms with Crippen molar-refractivity contribution in [3.8, 4) is 0 Å². The van der Waals surface area contributed by atoms with E-state index >= 15 is 0 Å². The van der Waals surface area contributed by atoms with E-state index in [1.807, 2.05) is 31.2 Å². The molecule has 2 rings (SSSR count). The van der Waals surface area contributed by atoms with Crippen LogP contribution in [0.4, 0.5) is 0 Å². The fourth-order valence-corrected chi connectivity index (χ4v) is 2.43. The van der Waals surface area contributed by atoms with E-state index in [2.05, 4.69) is 12.2 Å². The van der Waals surface area contributed by atoms with E-state index in [0.29, 0.717) is 19.8 Å². The van der Waals surface area contributed by atoms with Crippen molar-refractivity contribution < 1.29 is 14.3 Å². The van der Waals surface area contributed by atoms with E-state index < -0.39 is 5.54 Å². The molecule has 19 heavy (non-hydrogen) atoms. The molecule has 0 aliphatic carbocycles. The average Bonchev–Trinajstić information content (AvgIpc) is 2.45. The van der Waals surface area contributed by atoms with Crippen LogP contribution >= 0.6 is 0 Å². The van der Waals surface area contributed by atoms with Gasteiger partial charge in [-0.15, -0.1) is 0 Å². The minimum atomic E-state index is -0.860. The summed E-state index contributed by atoms with van der Waals surface area (Å²) in [5, 5.41) is 3.33. The molecule has 0 saturated carbocycles. The first-order chi connectivity index (χ1) is 9.24. The zero-order chi connectivity index (χ0) is 13.7. The highest BCUT2D eigenvalue weighted by atomic mass is 16.5. The lowest BCUT2D eigenvalue weighted by Crippen LogP contribution is -2.55. The first kappa shape index (κ1) is 14.0. The Morgan fingerprint density at radius 3 is 2.95 bits per heavy atom. The predicted octanol–water partition coefficient (Wildman–Crippen LogP) is 1.97. The van der Waals surface area contributed by atoms with Crippen LogP contribution in [-0.2, 0) is 26.4 Å². The van der Waals surface area contributed by atoms with Crippen LogP contribution in [-0.4, -0.2) is 25.7 Å². The summed E-state index contributed by atoms with van der Waals surface area (Å²) < 4.78 is 10.9. The van der Waals surface area contributed by atoms with Crippen molar-refractivity contribution in [1.82, 2.24) is 5.32 Å². The van der Waals surface area contributed by atoms with Gasteiger partial charge in [-0.05, 0) is 31.0 Å². The third-order valence-electron chi connectivity index (χ3n) is 3.35. The summed E-state index contributed by atoms with van der Waals surface area (Å²) in [5.74, 6) is -0.254. The third kappa shape index (κ3) is 2.65. The molecule has 0 fully saturated rings. The average molecular weight is 263 g/mol. The molecule has 0 amide bonds. The third-order valence-corrected chi connectivity index (χ3v) is 3.35. The number of rotatable bonds is 5. The normalized spacial score (nSPS) is 21.8. The Kier molecular flexibility index (Phi) is 4.56. The summed E-state index contributed by atoms with van der Waals surface area (Å²) in [6, 6.07) is 7.89. The number of hydrogen-bond acceptors (Lipinski definition) is 4. The van der Waals surface area contributed by atoms with E-state index in [1.165, 1.54) is 0 Å². The minimum absolute atomic E-state index is 0.254. The van der Waals surface area contributed by atoms with Crippen molar-refractivity contribution in [2.45, 2.75) is 32.4 Å². The lowest BCUT2D eigenvalue weighted by atomic mass is 9.85. The summed E-state index contributed by atoms with van der Waals surface area (Å²) in [7, 11) is 0. The minimum Gasteiger partial charge on any atom is -0.464 e. The van der Waals surface area contributed by atoms with Crippen molar-refractivity contribution in [2.75, 3.05) is 19.8 Å². The summed E-state index contributed by atoms with van der Waals surface area (Å²) in [5.41, 5.74) is 1.17. The van der Waals surface area contributed by atoms with Crippen LogP contribution in [0.25, 0.3) is 0 Å². The fraction of sp³-hybridized carbons (Fsp3) is 0.533. The second-order valence-electron chi connectivity index (χ2n) is 4.70. The standard InChI is InChI=1S/C15H21NO3/c1-3-9-16-15(14(17)19-4-2)11-18-10-12-7-5-6-8-13(12)15/h5-8,16H,3-4,9-11H2,1-2H3. The van der Waals surface area contributed by atoms with Gasteiger partial charge in [0.15, 0.2) is 5.54 Å². The smallest absolute Gasteiger partial charge is 0.333 e. The lowest BCUT2D eigenvalue weighted by Gasteiger charge is -2.37. The van der Waals surface area contributed by atoms with Crippen LogP contribution in [0.2, 0.25) is 0 Å². The zero-order valence-corrected chi connectivity index (χ0v) is 11.6. The number of esters is 1. The van der Waals surface area contributed by atoms with Crippen LogP contribution in [0.15, 0.2) is 24.3 Å². The van der Waals surface area contributed by atoms with Crippen molar-refractivity contribution in [2.24, 2.45) is 0 Å². The fourth-order valence-electron chi connectivity index (χ4n) is 2.43. The van der Waals surface area contributed by atoms with Gasteiger partial charge < -0.3 is 9.47 Å². The molecule has 0 aromatic heterocycles. The van der Waals surface area contributed by atoms with Crippen LogP contribution < -0.4 is 5.32 Å². The Morgan fingerprint density at radius 1 is 1.42 bits per heavy atom. The van der Waals surface area contributed by atoms with Crippen LogP contribution in [0.1, 0.15) is 31.4 Å². The second kappa shape index (κ2) is 6.17. The number of nitrogens with one attached hydrogen (secondary N) is 1. The Hall–Kier alpha value is -1.39. The lowest BCUT2D eigenvalue weighted by molar-refractivity contribution is -0.156. The largest absolute Gasteiger partial charge is 0.464 e. The van der Waals surface area contributed by atoms with Crippen molar-refractivity contribution in [3.63, 3.8) is 0 Å². The van der Waals surface area contributed by atoms with Gasteiger partial charge >= 0.3 is 5.97 Å². The molecule has 1 unspecified atom stereocenters. The number of carbonyl (C=O) groups is 1. The van der Waals surface area contributed by atoms with Gasteiger partial charge in [-0.25, -0.2) is 4.79 Å². The van der Waals surface area contributed by atoms with Crippen molar-refractivity contribution >= 4 is 5.97 Å². The highest BCUT2D eigenvalue weighted by molar-refractivity contribution is 5.83. The second-order valence-corrected chi connectivity index (χ2v) is 4.70. The Bertz CT molecular complexity index is 447. The van der Waals surface area contributed by atoms with E-state index in [9.17, 15) is 4.79 Å². The summed E-state index contributed by atoms with van der Waals surface area (Å²) >= 11 is 0. The van der Waals surface area contributed by atoms with Crippen LogP contribution in [0.5, 0.6) is 0 Å². The van der Waals surface area contributed by atoms with Gasteiger partial charge in [0.05, 0.1) is 19.8 Å². The molecule has 104 valence electrons. The van der Waals surface area contributed by atoms with Crippen molar-refractivity contribution in [1.29, 1.82) is 0 Å². The summed E-state index contributed by atoms with van der Waals surface area (Å²) in [4.78, 5) is 12.4. The van der Waals surface area contributed by atoms with Gasteiger partial charge in [-0.1, -0.05) is 31.2 Å². The van der Waals surface area contributed by atoms with Gasteiger partial charge in [0.2, 0.25) is 0 Å². The van der Waals surface area contributed by atoms with Crippen LogP contribution in [0, 0.1) is 0 Å². The van der Waals surface area contributed by atoms with Gasteiger partial charge in [0.1, 0.15) is 0 Å². The summed E-state index contributed by atoms with van der Waals surface area (Å²) in [6.45, 7) is 5.88. The maximum absolute atomic E-state index is 12.4. The van der Waals surface area contributed by atoms with E-state index in [4.69, 9.17) is 9.47 Å². The first-order valence-corrected chi connectivity index (χ1v) is 6.83. The number of hydrogen-bond donors (Lipinski definition) is 1. The maximum atomic E-state index is 12.4. The molecule has 1 aliphatic rings. The molecule has 1 heterocycles. The molecule has 1 aromatic rings. The Balaban J connectivity index is 2.41. The van der Waals surface area contributed by atoms with Crippen LogP contribution in [0.3, 0.4) is 0 Å². The monoisotopic (exact) mass is 263 g/mol. The SMILES string of the molecule is CCCNC1(C(=O)OCC)COCc2ccccc21. The molecule has 1 aromatic carbocycles. The van der Waals surface area contributed by atoms with Crippen molar-refractivity contribution in [3.05, 3.63) is 35.4 Å². The van der Waals surface area contributed by atoms with Gasteiger partial charge in [0.25, 0.3) is 0 Å². The molecule has 1 N–H and O–H groups in total. The summed E-state index contributed by atoms with van der Waals surface area (Å²) in [6.07, 6.45) is 0.948. The molecule has 0 bridgehead atoms. The zero-order valence-electron chi connectivity index (χ0n) is 11.6. The molecule has 4 nitrogen and oxygen atoms in total. The number of benzene rings is 1. The van der Waals surface area contributed by atoms with Gasteiger partial charge in [0, 0.05) is 0 Å². The van der Waals surface area contributed by atoms with Gasteiger partial charge in [-0.3, -0.25) is 5.32 Å². The highest BCUT2D eigenvalue weighted by Crippen LogP contribution is 2.31. The number of ether oxygens (including phenoxy) is 2. The predicted molar refractivity (Wildman–Crippen MR) is 72.7 cm³/mol. The molecule has 0 saturated heterocycles. The molecular formula is C15H21NO3. The van der Waals surface area contributed by atoms with E-state index in [1.54, 1.807) is 0 Å². The maximum Gasteiger partial charge on any atom is 0.333 e. The molecule has 0 spiro atoms. The van der Waals surface area contributed by atoms with E-state index in [-0.39, 0.29) is 5.97 Å². The Morgan fingerprint density at radius 2 is 2.21 bits per heavy atom. The quantitative estimate of drug-likeness (QED) is 0.825. The first-order valence-electron chi connectivity index (χ1n) is 6.83. The van der Waals surface area contributed by atoms with Gasteiger partial charge in [-0.2, -0.15) is 0 Å². The number of fused-ring (bicyclic) bond motifs is 1. The Labute approximate surface area is 114 Å². The molecule has 1 aliphatic heterocycles. The molecule has 0 radical (unpaired) electrons. The molecular weight excluding hydrogens is 242 g/mol.